The van der Waals surface area contributed by atoms with Gasteiger partial charge >= 0.3 is 0 Å². The van der Waals surface area contributed by atoms with Crippen molar-refractivity contribution in [2.75, 3.05) is 39.8 Å². The molecule has 4 heteroatoms. The molecule has 0 spiro atoms. The molecule has 1 saturated heterocycles. The van der Waals surface area contributed by atoms with Gasteiger partial charge in [-0.1, -0.05) is 6.92 Å². The lowest BCUT2D eigenvalue weighted by atomic mass is 10.00. The summed E-state index contributed by atoms with van der Waals surface area (Å²) >= 11 is 0. The summed E-state index contributed by atoms with van der Waals surface area (Å²) in [6, 6.07) is 0. The average Bonchev–Trinajstić information content (AvgIpc) is 2.28. The molecule has 94 valence electrons. The number of amides is 1. The first-order valence-corrected chi connectivity index (χ1v) is 6.38. The van der Waals surface area contributed by atoms with Crippen molar-refractivity contribution in [3.63, 3.8) is 0 Å². The van der Waals surface area contributed by atoms with Crippen LogP contribution in [0, 0.1) is 5.92 Å². The van der Waals surface area contributed by atoms with Crippen LogP contribution in [-0.2, 0) is 4.79 Å². The zero-order valence-electron chi connectivity index (χ0n) is 10.6. The lowest BCUT2D eigenvalue weighted by Gasteiger charge is -2.23. The van der Waals surface area contributed by atoms with Crippen LogP contribution in [0.1, 0.15) is 26.2 Å². The number of piperidine rings is 1. The van der Waals surface area contributed by atoms with Gasteiger partial charge in [-0.3, -0.25) is 9.69 Å². The highest BCUT2D eigenvalue weighted by molar-refractivity contribution is 5.77. The van der Waals surface area contributed by atoms with E-state index in [0.717, 1.165) is 32.6 Å². The van der Waals surface area contributed by atoms with E-state index in [0.29, 0.717) is 12.5 Å². The SMILES string of the molecule is CCCN(C)CC(=O)NCC1CCCNC1. The Morgan fingerprint density at radius 1 is 1.56 bits per heavy atom. The number of rotatable bonds is 6. The van der Waals surface area contributed by atoms with E-state index in [4.69, 9.17) is 0 Å². The molecule has 0 aromatic heterocycles. The normalized spacial score (nSPS) is 21.1. The van der Waals surface area contributed by atoms with Crippen LogP contribution in [0.3, 0.4) is 0 Å². The van der Waals surface area contributed by atoms with Crippen molar-refractivity contribution in [3.05, 3.63) is 0 Å². The standard InChI is InChI=1S/C12H25N3O/c1-3-7-15(2)10-12(16)14-9-11-5-4-6-13-8-11/h11,13H,3-10H2,1-2H3,(H,14,16). The first-order chi connectivity index (χ1) is 7.72. The van der Waals surface area contributed by atoms with Crippen molar-refractivity contribution < 1.29 is 4.79 Å². The molecule has 1 heterocycles. The zero-order chi connectivity index (χ0) is 11.8. The molecule has 16 heavy (non-hydrogen) atoms. The molecule has 0 radical (unpaired) electrons. The summed E-state index contributed by atoms with van der Waals surface area (Å²) in [5.41, 5.74) is 0. The quantitative estimate of drug-likeness (QED) is 0.692. The number of hydrogen-bond donors (Lipinski definition) is 2. The second-order valence-corrected chi connectivity index (χ2v) is 4.75. The fraction of sp³-hybridized carbons (Fsp3) is 0.917. The van der Waals surface area contributed by atoms with E-state index in [1.165, 1.54) is 12.8 Å². The van der Waals surface area contributed by atoms with E-state index < -0.39 is 0 Å². The number of hydrogen-bond acceptors (Lipinski definition) is 3. The molecular weight excluding hydrogens is 202 g/mol. The molecule has 2 N–H and O–H groups in total. The number of nitrogens with one attached hydrogen (secondary N) is 2. The van der Waals surface area contributed by atoms with Gasteiger partial charge in [-0.05, 0) is 51.9 Å². The molecule has 1 fully saturated rings. The van der Waals surface area contributed by atoms with E-state index >= 15 is 0 Å². The van der Waals surface area contributed by atoms with Crippen molar-refractivity contribution in [1.82, 2.24) is 15.5 Å². The molecule has 0 saturated carbocycles. The molecule has 0 aliphatic carbocycles. The highest BCUT2D eigenvalue weighted by Gasteiger charge is 2.14. The van der Waals surface area contributed by atoms with Crippen LogP contribution in [0.5, 0.6) is 0 Å². The number of carbonyl (C=O) groups is 1. The van der Waals surface area contributed by atoms with Crippen molar-refractivity contribution in [2.45, 2.75) is 26.2 Å². The second-order valence-electron chi connectivity index (χ2n) is 4.75. The largest absolute Gasteiger partial charge is 0.355 e. The molecule has 1 amide bonds. The van der Waals surface area contributed by atoms with Gasteiger partial charge in [0.1, 0.15) is 0 Å². The Morgan fingerprint density at radius 2 is 2.38 bits per heavy atom. The van der Waals surface area contributed by atoms with Crippen molar-refractivity contribution >= 4 is 5.91 Å². The summed E-state index contributed by atoms with van der Waals surface area (Å²) in [6.07, 6.45) is 3.56. The molecule has 1 aliphatic heterocycles. The predicted molar refractivity (Wildman–Crippen MR) is 66.4 cm³/mol. The van der Waals surface area contributed by atoms with Crippen LogP contribution in [0.15, 0.2) is 0 Å². The smallest absolute Gasteiger partial charge is 0.234 e. The topological polar surface area (TPSA) is 44.4 Å². The van der Waals surface area contributed by atoms with E-state index in [1.54, 1.807) is 0 Å². The third-order valence-electron chi connectivity index (χ3n) is 3.01. The highest BCUT2D eigenvalue weighted by atomic mass is 16.2. The van der Waals surface area contributed by atoms with Crippen LogP contribution in [-0.4, -0.2) is 50.6 Å². The second kappa shape index (κ2) is 7.63. The van der Waals surface area contributed by atoms with Crippen molar-refractivity contribution in [3.8, 4) is 0 Å². The van der Waals surface area contributed by atoms with Gasteiger partial charge < -0.3 is 10.6 Å². The van der Waals surface area contributed by atoms with Gasteiger partial charge in [0.05, 0.1) is 6.54 Å². The zero-order valence-corrected chi connectivity index (χ0v) is 10.6. The first-order valence-electron chi connectivity index (χ1n) is 6.38. The summed E-state index contributed by atoms with van der Waals surface area (Å²) in [7, 11) is 1.99. The van der Waals surface area contributed by atoms with Crippen LogP contribution >= 0.6 is 0 Å². The monoisotopic (exact) mass is 227 g/mol. The summed E-state index contributed by atoms with van der Waals surface area (Å²) in [5, 5.41) is 6.38. The van der Waals surface area contributed by atoms with E-state index in [2.05, 4.69) is 22.5 Å². The maximum atomic E-state index is 11.6. The Morgan fingerprint density at radius 3 is 3.00 bits per heavy atom. The molecule has 1 rings (SSSR count). The Labute approximate surface area is 98.8 Å². The predicted octanol–water partition coefficient (Wildman–Crippen LogP) is 0.444. The number of nitrogens with zero attached hydrogens (tertiary/aromatic N) is 1. The maximum absolute atomic E-state index is 11.6. The first kappa shape index (κ1) is 13.5. The van der Waals surface area contributed by atoms with Crippen LogP contribution < -0.4 is 10.6 Å². The molecule has 0 aromatic rings. The average molecular weight is 227 g/mol. The Kier molecular flexibility index (Phi) is 6.42. The molecular formula is C12H25N3O. The third-order valence-corrected chi connectivity index (χ3v) is 3.01. The van der Waals surface area contributed by atoms with Gasteiger partial charge in [-0.15, -0.1) is 0 Å². The Balaban J connectivity index is 2.09. The van der Waals surface area contributed by atoms with Gasteiger partial charge in [-0.2, -0.15) is 0 Å². The minimum absolute atomic E-state index is 0.154. The van der Waals surface area contributed by atoms with Gasteiger partial charge in [0.2, 0.25) is 5.91 Å². The fourth-order valence-corrected chi connectivity index (χ4v) is 2.12. The molecule has 4 nitrogen and oxygen atoms in total. The van der Waals surface area contributed by atoms with Crippen LogP contribution in [0.4, 0.5) is 0 Å². The van der Waals surface area contributed by atoms with Gasteiger partial charge in [0.15, 0.2) is 0 Å². The summed E-state index contributed by atoms with van der Waals surface area (Å²) < 4.78 is 0. The lowest BCUT2D eigenvalue weighted by Crippen LogP contribution is -2.41. The number of carbonyl (C=O) groups excluding carboxylic acids is 1. The summed E-state index contributed by atoms with van der Waals surface area (Å²) in [6.45, 7) is 6.63. The Hall–Kier alpha value is -0.610. The minimum atomic E-state index is 0.154. The van der Waals surface area contributed by atoms with E-state index in [1.807, 2.05) is 7.05 Å². The molecule has 0 bridgehead atoms. The number of likely N-dealkylation sites (N-methyl/N-ethyl adjacent to an activating group) is 1. The van der Waals surface area contributed by atoms with E-state index in [9.17, 15) is 4.79 Å². The Bertz CT molecular complexity index is 202. The maximum Gasteiger partial charge on any atom is 0.234 e. The fourth-order valence-electron chi connectivity index (χ4n) is 2.12. The third kappa shape index (κ3) is 5.47. The van der Waals surface area contributed by atoms with Crippen LogP contribution in [0.2, 0.25) is 0 Å². The van der Waals surface area contributed by atoms with E-state index in [-0.39, 0.29) is 5.91 Å². The van der Waals surface area contributed by atoms with Crippen molar-refractivity contribution in [2.24, 2.45) is 5.92 Å². The van der Waals surface area contributed by atoms with Crippen LogP contribution in [0.25, 0.3) is 0 Å². The minimum Gasteiger partial charge on any atom is -0.355 e. The van der Waals surface area contributed by atoms with Gasteiger partial charge in [0.25, 0.3) is 0 Å². The van der Waals surface area contributed by atoms with Gasteiger partial charge in [0, 0.05) is 6.54 Å². The van der Waals surface area contributed by atoms with Gasteiger partial charge in [-0.25, -0.2) is 0 Å². The summed E-state index contributed by atoms with van der Waals surface area (Å²) in [5.74, 6) is 0.774. The van der Waals surface area contributed by atoms with Crippen molar-refractivity contribution in [1.29, 1.82) is 0 Å². The summed E-state index contributed by atoms with van der Waals surface area (Å²) in [4.78, 5) is 13.7. The lowest BCUT2D eigenvalue weighted by molar-refractivity contribution is -0.122. The molecule has 1 unspecified atom stereocenters. The molecule has 0 aromatic carbocycles. The molecule has 1 aliphatic rings. The molecule has 1 atom stereocenters. The highest BCUT2D eigenvalue weighted by Crippen LogP contribution is 2.07.